The number of aromatic amines is 1. The molecule has 1 aromatic heterocycles. The molecule has 10 nitrogen and oxygen atoms in total. The SMILES string of the molecule is NC(Cc1c[nH]c2ccccc12)C(=O)NC(CS)C(=O)NCC(=O)NC(CS)C(=O)O. The van der Waals surface area contributed by atoms with Gasteiger partial charge in [0.25, 0.3) is 0 Å². The van der Waals surface area contributed by atoms with Gasteiger partial charge < -0.3 is 31.8 Å². The van der Waals surface area contributed by atoms with Gasteiger partial charge in [-0.05, 0) is 18.1 Å². The molecule has 7 N–H and O–H groups in total. The van der Waals surface area contributed by atoms with Gasteiger partial charge in [0.1, 0.15) is 12.1 Å². The van der Waals surface area contributed by atoms with E-state index in [1.807, 2.05) is 24.3 Å². The zero-order valence-electron chi connectivity index (χ0n) is 16.5. The van der Waals surface area contributed by atoms with Gasteiger partial charge in [0.2, 0.25) is 17.7 Å². The standard InChI is InChI=1S/C19H25N5O5S2/c20-12(5-10-6-21-13-4-2-1-3-11(10)13)17(26)24-14(8-30)18(27)22-7-16(25)23-15(9-31)19(28)29/h1-4,6,12,14-15,21,30-31H,5,7-9,20H2,(H,22,27)(H,23,25)(H,24,26)(H,28,29). The number of amides is 3. The highest BCUT2D eigenvalue weighted by Crippen LogP contribution is 2.18. The second-order valence-corrected chi connectivity index (χ2v) is 7.50. The van der Waals surface area contributed by atoms with E-state index < -0.39 is 48.4 Å². The maximum atomic E-state index is 12.5. The van der Waals surface area contributed by atoms with Crippen LogP contribution < -0.4 is 21.7 Å². The first-order valence-corrected chi connectivity index (χ1v) is 10.7. The second-order valence-electron chi connectivity index (χ2n) is 6.77. The molecule has 0 bridgehead atoms. The minimum Gasteiger partial charge on any atom is -0.480 e. The highest BCUT2D eigenvalue weighted by atomic mass is 32.1. The number of rotatable bonds is 11. The number of benzene rings is 1. The summed E-state index contributed by atoms with van der Waals surface area (Å²) in [6, 6.07) is 4.53. The number of nitrogens with two attached hydrogens (primary N) is 1. The third-order valence-electron chi connectivity index (χ3n) is 4.51. The van der Waals surface area contributed by atoms with Crippen molar-refractivity contribution in [3.8, 4) is 0 Å². The molecule has 2 aromatic rings. The predicted molar refractivity (Wildman–Crippen MR) is 122 cm³/mol. The van der Waals surface area contributed by atoms with Crippen LogP contribution in [0.4, 0.5) is 0 Å². The van der Waals surface area contributed by atoms with Crippen molar-refractivity contribution in [2.24, 2.45) is 5.73 Å². The van der Waals surface area contributed by atoms with Crippen LogP contribution in [0.15, 0.2) is 30.5 Å². The van der Waals surface area contributed by atoms with Gasteiger partial charge in [0, 0.05) is 28.6 Å². The van der Waals surface area contributed by atoms with Crippen LogP contribution in [0.1, 0.15) is 5.56 Å². The first-order valence-electron chi connectivity index (χ1n) is 9.39. The maximum absolute atomic E-state index is 12.5. The Kier molecular flexibility index (Phi) is 9.21. The van der Waals surface area contributed by atoms with Crippen LogP contribution in [-0.2, 0) is 25.6 Å². The lowest BCUT2D eigenvalue weighted by molar-refractivity contribution is -0.141. The zero-order chi connectivity index (χ0) is 23.0. The largest absolute Gasteiger partial charge is 0.480 e. The summed E-state index contributed by atoms with van der Waals surface area (Å²) in [5.41, 5.74) is 7.82. The molecule has 168 valence electrons. The summed E-state index contributed by atoms with van der Waals surface area (Å²) in [5, 5.41) is 16.9. The molecule has 1 aromatic carbocycles. The number of fused-ring (bicyclic) bond motifs is 1. The van der Waals surface area contributed by atoms with Crippen molar-refractivity contribution in [3.63, 3.8) is 0 Å². The molecule has 0 aliphatic carbocycles. The molecule has 0 radical (unpaired) electrons. The van der Waals surface area contributed by atoms with E-state index in [1.54, 1.807) is 6.20 Å². The van der Waals surface area contributed by atoms with E-state index in [9.17, 15) is 19.2 Å². The fourth-order valence-electron chi connectivity index (χ4n) is 2.82. The highest BCUT2D eigenvalue weighted by molar-refractivity contribution is 7.80. The van der Waals surface area contributed by atoms with Gasteiger partial charge in [-0.2, -0.15) is 25.3 Å². The van der Waals surface area contributed by atoms with Crippen molar-refractivity contribution >= 4 is 59.9 Å². The summed E-state index contributed by atoms with van der Waals surface area (Å²) < 4.78 is 0. The quantitative estimate of drug-likeness (QED) is 0.199. The average Bonchev–Trinajstić information content (AvgIpc) is 3.16. The molecule has 0 saturated carbocycles. The fraction of sp³-hybridized carbons (Fsp3) is 0.368. The summed E-state index contributed by atoms with van der Waals surface area (Å²) >= 11 is 7.91. The predicted octanol–water partition coefficient (Wildman–Crippen LogP) is -0.932. The highest BCUT2D eigenvalue weighted by Gasteiger charge is 2.24. The second kappa shape index (κ2) is 11.6. The monoisotopic (exact) mass is 467 g/mol. The smallest absolute Gasteiger partial charge is 0.327 e. The summed E-state index contributed by atoms with van der Waals surface area (Å²) in [5.74, 6) is -3.23. The first-order chi connectivity index (χ1) is 14.8. The number of thiol groups is 2. The van der Waals surface area contributed by atoms with E-state index >= 15 is 0 Å². The van der Waals surface area contributed by atoms with Crippen LogP contribution in [0.3, 0.4) is 0 Å². The lowest BCUT2D eigenvalue weighted by Crippen LogP contribution is -2.54. The third-order valence-corrected chi connectivity index (χ3v) is 5.24. The molecular weight excluding hydrogens is 442 g/mol. The molecule has 3 atom stereocenters. The third kappa shape index (κ3) is 6.91. The summed E-state index contributed by atoms with van der Waals surface area (Å²) in [4.78, 5) is 50.6. The van der Waals surface area contributed by atoms with E-state index in [2.05, 4.69) is 46.2 Å². The zero-order valence-corrected chi connectivity index (χ0v) is 18.3. The number of carboxylic acids is 1. The molecule has 12 heteroatoms. The molecule has 0 aliphatic rings. The molecule has 2 rings (SSSR count). The number of hydrogen-bond acceptors (Lipinski definition) is 7. The summed E-state index contributed by atoms with van der Waals surface area (Å²) in [6.07, 6.45) is 2.05. The van der Waals surface area contributed by atoms with Crippen molar-refractivity contribution in [3.05, 3.63) is 36.0 Å². The van der Waals surface area contributed by atoms with Gasteiger partial charge in [-0.15, -0.1) is 0 Å². The van der Waals surface area contributed by atoms with Gasteiger partial charge in [-0.3, -0.25) is 14.4 Å². The minimum absolute atomic E-state index is 0.0204. The van der Waals surface area contributed by atoms with Gasteiger partial charge in [-0.25, -0.2) is 4.79 Å². The topological polar surface area (TPSA) is 166 Å². The Hall–Kier alpha value is -2.70. The number of carbonyl (C=O) groups excluding carboxylic acids is 3. The Balaban J connectivity index is 1.87. The normalized spacial score (nSPS) is 13.8. The molecule has 0 saturated heterocycles. The lowest BCUT2D eigenvalue weighted by Gasteiger charge is -2.19. The molecule has 3 amide bonds. The average molecular weight is 468 g/mol. The van der Waals surface area contributed by atoms with Gasteiger partial charge in [0.05, 0.1) is 12.6 Å². The van der Waals surface area contributed by atoms with Crippen molar-refractivity contribution < 1.29 is 24.3 Å². The van der Waals surface area contributed by atoms with Gasteiger partial charge in [-0.1, -0.05) is 18.2 Å². The molecule has 31 heavy (non-hydrogen) atoms. The maximum Gasteiger partial charge on any atom is 0.327 e. The molecular formula is C19H25N5O5S2. The fourth-order valence-corrected chi connectivity index (χ4v) is 3.33. The van der Waals surface area contributed by atoms with Crippen molar-refractivity contribution in [2.75, 3.05) is 18.1 Å². The molecule has 3 unspecified atom stereocenters. The molecule has 0 aliphatic heterocycles. The van der Waals surface area contributed by atoms with Crippen LogP contribution in [0, 0.1) is 0 Å². The summed E-state index contributed by atoms with van der Waals surface area (Å²) in [7, 11) is 0. The number of H-pyrrole nitrogens is 1. The molecule has 1 heterocycles. The van der Waals surface area contributed by atoms with Gasteiger partial charge >= 0.3 is 5.97 Å². The van der Waals surface area contributed by atoms with Crippen LogP contribution in [0.2, 0.25) is 0 Å². The van der Waals surface area contributed by atoms with E-state index in [4.69, 9.17) is 10.8 Å². The number of nitrogens with one attached hydrogen (secondary N) is 4. The Morgan fingerprint density at radius 1 is 1.03 bits per heavy atom. The van der Waals surface area contributed by atoms with E-state index in [1.165, 1.54) is 0 Å². The van der Waals surface area contributed by atoms with Gasteiger partial charge in [0.15, 0.2) is 0 Å². The number of aromatic nitrogens is 1. The van der Waals surface area contributed by atoms with E-state index in [0.29, 0.717) is 0 Å². The number of aliphatic carboxylic acids is 1. The minimum atomic E-state index is -1.24. The van der Waals surface area contributed by atoms with E-state index in [0.717, 1.165) is 16.5 Å². The van der Waals surface area contributed by atoms with Crippen LogP contribution in [0.25, 0.3) is 10.9 Å². The lowest BCUT2D eigenvalue weighted by atomic mass is 10.0. The number of carboxylic acid groups (broad SMARTS) is 1. The van der Waals surface area contributed by atoms with Crippen molar-refractivity contribution in [1.29, 1.82) is 0 Å². The Morgan fingerprint density at radius 2 is 1.71 bits per heavy atom. The van der Waals surface area contributed by atoms with Crippen LogP contribution >= 0.6 is 25.3 Å². The van der Waals surface area contributed by atoms with Crippen molar-refractivity contribution in [1.82, 2.24) is 20.9 Å². The Bertz CT molecular complexity index is 951. The summed E-state index contributed by atoms with van der Waals surface area (Å²) in [6.45, 7) is -0.460. The number of carbonyl (C=O) groups is 4. The Morgan fingerprint density at radius 3 is 2.35 bits per heavy atom. The molecule has 0 spiro atoms. The van der Waals surface area contributed by atoms with Crippen molar-refractivity contribution in [2.45, 2.75) is 24.5 Å². The molecule has 0 fully saturated rings. The number of para-hydroxylation sites is 1. The first kappa shape index (κ1) is 24.6. The van der Waals surface area contributed by atoms with E-state index in [-0.39, 0.29) is 17.9 Å². The van der Waals surface area contributed by atoms with Crippen LogP contribution in [0.5, 0.6) is 0 Å². The van der Waals surface area contributed by atoms with Crippen LogP contribution in [-0.4, -0.2) is 70.0 Å². The number of hydrogen-bond donors (Lipinski definition) is 8. The Labute approximate surface area is 189 Å².